The molecule has 0 spiro atoms. The van der Waals surface area contributed by atoms with E-state index < -0.39 is 0 Å². The quantitative estimate of drug-likeness (QED) is 0.894. The number of hydrogen-bond acceptors (Lipinski definition) is 4. The number of carbonyl (C=O) groups is 1. The first-order valence-corrected chi connectivity index (χ1v) is 8.48. The van der Waals surface area contributed by atoms with Crippen LogP contribution in [0.15, 0.2) is 10.8 Å². The van der Waals surface area contributed by atoms with Gasteiger partial charge in [-0.3, -0.25) is 4.79 Å². The van der Waals surface area contributed by atoms with Crippen molar-refractivity contribution >= 4 is 18.3 Å². The number of nitrogens with one attached hydrogen (secondary N) is 1. The summed E-state index contributed by atoms with van der Waals surface area (Å²) >= 11 is 0. The lowest BCUT2D eigenvalue weighted by Crippen LogP contribution is -2.42. The molecular formula is C17H28ClN3O2. The first kappa shape index (κ1) is 18.3. The zero-order valence-corrected chi connectivity index (χ0v) is 15.1. The van der Waals surface area contributed by atoms with E-state index in [0.29, 0.717) is 23.3 Å². The fourth-order valence-corrected chi connectivity index (χ4v) is 3.69. The number of likely N-dealkylation sites (tertiary alicyclic amines) is 1. The molecule has 0 aromatic carbocycles. The highest BCUT2D eigenvalue weighted by molar-refractivity contribution is 5.93. The lowest BCUT2D eigenvalue weighted by molar-refractivity contribution is 0.0919. The standard InChI is InChI=1S/C17H27N3O2.ClH/c1-11(2)14-8-20(7-13-5-4-6-13)9-15(14)19-17(21)16-12(3)22-10-18-16;/h10-11,13-15H,4-9H2,1-3H3,(H,19,21);1H/t14-,15+;/m1./s1. The summed E-state index contributed by atoms with van der Waals surface area (Å²) in [5.41, 5.74) is 0.417. The monoisotopic (exact) mass is 341 g/mol. The molecule has 0 unspecified atom stereocenters. The highest BCUT2D eigenvalue weighted by Gasteiger charge is 2.37. The Hall–Kier alpha value is -1.07. The molecule has 1 saturated carbocycles. The van der Waals surface area contributed by atoms with Gasteiger partial charge in [0.2, 0.25) is 0 Å². The minimum Gasteiger partial charge on any atom is -0.448 e. The molecule has 2 fully saturated rings. The van der Waals surface area contributed by atoms with Gasteiger partial charge in [0.25, 0.3) is 5.91 Å². The molecule has 6 heteroatoms. The average Bonchev–Trinajstić information content (AvgIpc) is 3.00. The number of aromatic nitrogens is 1. The smallest absolute Gasteiger partial charge is 0.273 e. The molecule has 1 aromatic heterocycles. The Balaban J connectivity index is 0.00000192. The number of amides is 1. The second kappa shape index (κ2) is 7.67. The van der Waals surface area contributed by atoms with Gasteiger partial charge in [0, 0.05) is 25.7 Å². The van der Waals surface area contributed by atoms with Crippen molar-refractivity contribution in [3.63, 3.8) is 0 Å². The molecule has 1 aliphatic heterocycles. The molecular weight excluding hydrogens is 314 g/mol. The SMILES string of the molecule is Cc1ocnc1C(=O)N[C@H]1CN(CC2CCC2)C[C@@H]1C(C)C.Cl. The third kappa shape index (κ3) is 4.07. The number of rotatable bonds is 5. The van der Waals surface area contributed by atoms with Crippen LogP contribution in [0.25, 0.3) is 0 Å². The van der Waals surface area contributed by atoms with Crippen LogP contribution in [0.1, 0.15) is 49.4 Å². The number of aryl methyl sites for hydroxylation is 1. The van der Waals surface area contributed by atoms with Gasteiger partial charge in [-0.1, -0.05) is 20.3 Å². The lowest BCUT2D eigenvalue weighted by Gasteiger charge is -2.30. The summed E-state index contributed by atoms with van der Waals surface area (Å²) in [5.74, 6) is 2.43. The van der Waals surface area contributed by atoms with E-state index >= 15 is 0 Å². The Morgan fingerprint density at radius 3 is 2.70 bits per heavy atom. The van der Waals surface area contributed by atoms with Gasteiger partial charge in [0.05, 0.1) is 0 Å². The molecule has 130 valence electrons. The molecule has 1 aromatic rings. The Morgan fingerprint density at radius 2 is 2.17 bits per heavy atom. The van der Waals surface area contributed by atoms with E-state index in [9.17, 15) is 4.79 Å². The molecule has 1 N–H and O–H groups in total. The fourth-order valence-electron chi connectivity index (χ4n) is 3.69. The van der Waals surface area contributed by atoms with E-state index in [2.05, 4.69) is 29.0 Å². The highest BCUT2D eigenvalue weighted by atomic mass is 35.5. The number of hydrogen-bond donors (Lipinski definition) is 1. The Labute approximate surface area is 144 Å². The summed E-state index contributed by atoms with van der Waals surface area (Å²) in [6.45, 7) is 9.52. The molecule has 3 rings (SSSR count). The topological polar surface area (TPSA) is 58.4 Å². The van der Waals surface area contributed by atoms with Gasteiger partial charge >= 0.3 is 0 Å². The summed E-state index contributed by atoms with van der Waals surface area (Å²) in [7, 11) is 0. The van der Waals surface area contributed by atoms with E-state index in [1.807, 2.05) is 0 Å². The molecule has 1 amide bonds. The summed E-state index contributed by atoms with van der Waals surface area (Å²) in [5, 5.41) is 3.19. The molecule has 2 aliphatic rings. The normalized spacial score (nSPS) is 25.2. The second-order valence-corrected chi connectivity index (χ2v) is 7.26. The molecule has 0 radical (unpaired) electrons. The summed E-state index contributed by atoms with van der Waals surface area (Å²) in [4.78, 5) is 19.0. The maximum Gasteiger partial charge on any atom is 0.273 e. The van der Waals surface area contributed by atoms with Gasteiger partial charge in [-0.2, -0.15) is 0 Å². The van der Waals surface area contributed by atoms with Crippen molar-refractivity contribution in [3.8, 4) is 0 Å². The predicted octanol–water partition coefficient (Wildman–Crippen LogP) is 2.89. The van der Waals surface area contributed by atoms with Crippen LogP contribution in [0, 0.1) is 24.7 Å². The highest BCUT2D eigenvalue weighted by Crippen LogP contribution is 2.31. The molecule has 1 aliphatic carbocycles. The van der Waals surface area contributed by atoms with Gasteiger partial charge in [-0.15, -0.1) is 12.4 Å². The van der Waals surface area contributed by atoms with Crippen LogP contribution in [0.5, 0.6) is 0 Å². The summed E-state index contributed by atoms with van der Waals surface area (Å²) in [6.07, 6.45) is 5.47. The largest absolute Gasteiger partial charge is 0.448 e. The first-order chi connectivity index (χ1) is 10.5. The van der Waals surface area contributed by atoms with Crippen molar-refractivity contribution in [1.29, 1.82) is 0 Å². The average molecular weight is 342 g/mol. The zero-order valence-electron chi connectivity index (χ0n) is 14.2. The van der Waals surface area contributed by atoms with Gasteiger partial charge in [0.1, 0.15) is 5.76 Å². The van der Waals surface area contributed by atoms with Crippen molar-refractivity contribution in [2.24, 2.45) is 17.8 Å². The molecule has 2 heterocycles. The Bertz CT molecular complexity index is 528. The summed E-state index contributed by atoms with van der Waals surface area (Å²) in [6, 6.07) is 0.212. The fraction of sp³-hybridized carbons (Fsp3) is 0.765. The zero-order chi connectivity index (χ0) is 15.7. The van der Waals surface area contributed by atoms with E-state index in [1.54, 1.807) is 6.92 Å². The Kier molecular flexibility index (Phi) is 6.09. The van der Waals surface area contributed by atoms with Crippen LogP contribution < -0.4 is 5.32 Å². The first-order valence-electron chi connectivity index (χ1n) is 8.48. The molecule has 0 bridgehead atoms. The van der Waals surface area contributed by atoms with E-state index in [1.165, 1.54) is 32.2 Å². The minimum absolute atomic E-state index is 0. The van der Waals surface area contributed by atoms with Crippen molar-refractivity contribution in [2.75, 3.05) is 19.6 Å². The minimum atomic E-state index is -0.104. The van der Waals surface area contributed by atoms with E-state index in [-0.39, 0.29) is 24.4 Å². The predicted molar refractivity (Wildman–Crippen MR) is 91.9 cm³/mol. The van der Waals surface area contributed by atoms with Crippen molar-refractivity contribution in [1.82, 2.24) is 15.2 Å². The number of halogens is 1. The van der Waals surface area contributed by atoms with Gasteiger partial charge in [0.15, 0.2) is 12.1 Å². The second-order valence-electron chi connectivity index (χ2n) is 7.26. The number of oxazole rings is 1. The van der Waals surface area contributed by atoms with Crippen LogP contribution in [0.4, 0.5) is 0 Å². The number of carbonyl (C=O) groups excluding carboxylic acids is 1. The van der Waals surface area contributed by atoms with Crippen LogP contribution in [-0.2, 0) is 0 Å². The van der Waals surface area contributed by atoms with Gasteiger partial charge < -0.3 is 14.6 Å². The molecule has 2 atom stereocenters. The van der Waals surface area contributed by atoms with Gasteiger partial charge in [-0.05, 0) is 37.5 Å². The van der Waals surface area contributed by atoms with E-state index in [0.717, 1.165) is 19.0 Å². The van der Waals surface area contributed by atoms with Crippen molar-refractivity contribution in [2.45, 2.75) is 46.1 Å². The maximum atomic E-state index is 12.4. The summed E-state index contributed by atoms with van der Waals surface area (Å²) < 4.78 is 5.14. The van der Waals surface area contributed by atoms with Gasteiger partial charge in [-0.25, -0.2) is 4.98 Å². The van der Waals surface area contributed by atoms with Crippen LogP contribution in [-0.4, -0.2) is 41.5 Å². The third-order valence-corrected chi connectivity index (χ3v) is 5.31. The van der Waals surface area contributed by atoms with Crippen molar-refractivity contribution in [3.05, 3.63) is 17.8 Å². The molecule has 1 saturated heterocycles. The van der Waals surface area contributed by atoms with Crippen molar-refractivity contribution < 1.29 is 9.21 Å². The van der Waals surface area contributed by atoms with Crippen LogP contribution in [0.2, 0.25) is 0 Å². The third-order valence-electron chi connectivity index (χ3n) is 5.31. The van der Waals surface area contributed by atoms with Crippen LogP contribution in [0.3, 0.4) is 0 Å². The van der Waals surface area contributed by atoms with Crippen LogP contribution >= 0.6 is 12.4 Å². The maximum absolute atomic E-state index is 12.4. The number of nitrogens with zero attached hydrogens (tertiary/aromatic N) is 2. The lowest BCUT2D eigenvalue weighted by atomic mass is 9.85. The molecule has 5 nitrogen and oxygen atoms in total. The van der Waals surface area contributed by atoms with E-state index in [4.69, 9.17) is 4.42 Å². The Morgan fingerprint density at radius 1 is 1.43 bits per heavy atom. The molecule has 23 heavy (non-hydrogen) atoms.